The van der Waals surface area contributed by atoms with Gasteiger partial charge in [-0.05, 0) is 51.0 Å². The van der Waals surface area contributed by atoms with Gasteiger partial charge in [0.2, 0.25) is 0 Å². The van der Waals surface area contributed by atoms with Gasteiger partial charge in [-0.1, -0.05) is 79.0 Å². The van der Waals surface area contributed by atoms with Gasteiger partial charge < -0.3 is 54.5 Å². The number of piperazine rings is 1. The Hall–Kier alpha value is -5.07. The lowest BCUT2D eigenvalue weighted by Gasteiger charge is -2.40. The first-order valence-electron chi connectivity index (χ1n) is 27.3. The molecule has 0 radical (unpaired) electrons. The molecule has 11 atom stereocenters. The van der Waals surface area contributed by atoms with Crippen molar-refractivity contribution in [3.05, 3.63) is 58.0 Å². The van der Waals surface area contributed by atoms with Crippen molar-refractivity contribution in [2.75, 3.05) is 51.7 Å². The smallest absolute Gasteiger partial charge is 0.410 e. The van der Waals surface area contributed by atoms with E-state index in [2.05, 4.69) is 29.0 Å². The number of allylic oxidation sites excluding steroid dienone is 2. The fourth-order valence-electron chi connectivity index (χ4n) is 13.1. The first kappa shape index (κ1) is 53.7. The maximum atomic E-state index is 15.0. The highest BCUT2D eigenvalue weighted by molar-refractivity contribution is 6.19. The second kappa shape index (κ2) is 21.2. The Bertz CT molecular complexity index is 2730. The number of rotatable bonds is 6. The number of piperidine rings is 1. The van der Waals surface area contributed by atoms with E-state index in [1.54, 1.807) is 45.1 Å². The number of ketones is 1. The number of benzene rings is 2. The number of ether oxygens (including phenoxy) is 4. The summed E-state index contributed by atoms with van der Waals surface area (Å²) in [4.78, 5) is 60.7. The molecule has 8 aliphatic rings. The quantitative estimate of drug-likeness (QED) is 0.192. The number of nitrogens with one attached hydrogen (secondary N) is 1. The molecule has 7 heterocycles. The normalized spacial score (nSPS) is 34.5. The zero-order chi connectivity index (χ0) is 53.1. The number of methoxy groups -OCH3 is 1. The summed E-state index contributed by atoms with van der Waals surface area (Å²) < 4.78 is 25.2. The van der Waals surface area contributed by atoms with E-state index in [0.29, 0.717) is 44.3 Å². The molecule has 4 fully saturated rings. The van der Waals surface area contributed by atoms with Crippen LogP contribution in [-0.4, -0.2) is 147 Å². The number of Topliss-reactive ketones (excluding diaryl/α,β-unsaturated/α-hetero) is 1. The van der Waals surface area contributed by atoms with Crippen molar-refractivity contribution in [3.8, 4) is 17.2 Å². The van der Waals surface area contributed by atoms with Gasteiger partial charge in [0.15, 0.2) is 11.4 Å². The minimum atomic E-state index is -1.97. The van der Waals surface area contributed by atoms with E-state index in [1.807, 2.05) is 25.7 Å². The summed E-state index contributed by atoms with van der Waals surface area (Å²) in [6.07, 6.45) is 12.0. The van der Waals surface area contributed by atoms with E-state index in [4.69, 9.17) is 28.9 Å². The Kier molecular flexibility index (Phi) is 15.4. The molecule has 3 saturated heterocycles. The van der Waals surface area contributed by atoms with Crippen LogP contribution in [0.1, 0.15) is 123 Å². The average molecular weight is 1030 g/mol. The van der Waals surface area contributed by atoms with E-state index in [-0.39, 0.29) is 67.5 Å². The molecule has 2 amide bonds. The number of fused-ring (bicyclic) bond motifs is 15. The summed E-state index contributed by atoms with van der Waals surface area (Å²) in [7, 11) is 1.52. The standard InChI is InChI=1S/C57H80N6O11/c1-30(2)26-61-22-20-57(21-23-61)59-44-41-42-49(66)36(8)52-43(41)53(68)56(9,74-52)72-24-19-40(71-10)33(5)51(73-55(70)63-29-38-25-39(63)28-62(38)27-37-17-12-11-13-18-37)35(7)48(65)34(6)47(64)31(3)15-14-16-32(4)54(69)58-46(50(42)67)45(44)60-57/h14-16,19,24,30-31,33-35,37-40,47-48,51,64-67H,11-13,17-18,20-23,25-29H2,1-10H3,(H,58,69)/b15-14+,24-19+,32-16-/t31-,33+,34+,35+,38-,39-,40-,47-,48+,51+,56-/m0/s1. The third kappa shape index (κ3) is 9.96. The molecule has 2 aromatic rings. The number of hydrogen-bond donors (Lipinski definition) is 5. The molecule has 10 rings (SSSR count). The molecule has 7 bridgehead atoms. The van der Waals surface area contributed by atoms with Crippen LogP contribution in [0.15, 0.2) is 46.1 Å². The van der Waals surface area contributed by atoms with Crippen LogP contribution in [0, 0.1) is 42.4 Å². The first-order chi connectivity index (χ1) is 35.2. The summed E-state index contributed by atoms with van der Waals surface area (Å²) >= 11 is 0. The highest BCUT2D eigenvalue weighted by Crippen LogP contribution is 2.50. The molecule has 2 aromatic carbocycles. The lowest BCUT2D eigenvalue weighted by molar-refractivity contribution is -0.112. The molecule has 7 aliphatic heterocycles. The molecule has 17 nitrogen and oxygen atoms in total. The largest absolute Gasteiger partial charge is 0.507 e. The fraction of sp³-hybridized carbons (Fsp3) is 0.667. The van der Waals surface area contributed by atoms with E-state index in [1.165, 1.54) is 52.4 Å². The summed E-state index contributed by atoms with van der Waals surface area (Å²) in [6, 6.07) is 0.285. The summed E-state index contributed by atoms with van der Waals surface area (Å²) in [5.74, 6) is -5.25. The number of amides is 2. The van der Waals surface area contributed by atoms with Crippen LogP contribution in [-0.2, 0) is 19.0 Å². The Labute approximate surface area is 435 Å². The van der Waals surface area contributed by atoms with Crippen molar-refractivity contribution in [2.24, 2.45) is 45.5 Å². The van der Waals surface area contributed by atoms with Gasteiger partial charge in [0.05, 0.1) is 40.9 Å². The average Bonchev–Trinajstić information content (AvgIpc) is 4.15. The second-order valence-electron chi connectivity index (χ2n) is 23.4. The molecule has 404 valence electrons. The number of hydrogen-bond acceptors (Lipinski definition) is 15. The van der Waals surface area contributed by atoms with Gasteiger partial charge in [-0.2, -0.15) is 0 Å². The minimum absolute atomic E-state index is 0.0190. The number of phenols is 2. The van der Waals surface area contributed by atoms with E-state index in [9.17, 15) is 30.0 Å². The first-order valence-corrected chi connectivity index (χ1v) is 27.3. The number of aromatic hydroxyl groups is 2. The number of likely N-dealkylation sites (tertiary alicyclic amines) is 3. The number of carbonyl (C=O) groups excluding carboxylic acids is 3. The van der Waals surface area contributed by atoms with Gasteiger partial charge >= 0.3 is 11.9 Å². The summed E-state index contributed by atoms with van der Waals surface area (Å²) in [5.41, 5.74) is -0.550. The van der Waals surface area contributed by atoms with Crippen LogP contribution in [0.3, 0.4) is 0 Å². The molecule has 1 aliphatic carbocycles. The number of phenolic OH excluding ortho intramolecular Hbond substituents is 2. The van der Waals surface area contributed by atoms with Crippen molar-refractivity contribution in [3.63, 3.8) is 0 Å². The van der Waals surface area contributed by atoms with Crippen molar-refractivity contribution < 1.29 is 53.8 Å². The lowest BCUT2D eigenvalue weighted by Crippen LogP contribution is -2.52. The van der Waals surface area contributed by atoms with Crippen LogP contribution in [0.25, 0.3) is 10.8 Å². The lowest BCUT2D eigenvalue weighted by atomic mass is 9.78. The van der Waals surface area contributed by atoms with Gasteiger partial charge in [0, 0.05) is 118 Å². The van der Waals surface area contributed by atoms with Gasteiger partial charge in [0.25, 0.3) is 11.7 Å². The topological polar surface area (TPSA) is 216 Å². The van der Waals surface area contributed by atoms with E-state index in [0.717, 1.165) is 26.1 Å². The molecule has 74 heavy (non-hydrogen) atoms. The van der Waals surface area contributed by atoms with Crippen LogP contribution >= 0.6 is 0 Å². The third-order valence-electron chi connectivity index (χ3n) is 17.6. The number of aliphatic hydroxyl groups excluding tert-OH is 2. The van der Waals surface area contributed by atoms with E-state index >= 15 is 4.79 Å². The summed E-state index contributed by atoms with van der Waals surface area (Å²) in [5, 5.41) is 51.5. The molecule has 0 unspecified atom stereocenters. The van der Waals surface area contributed by atoms with Gasteiger partial charge in [-0.3, -0.25) is 24.5 Å². The number of nitrogens with zero attached hydrogens (tertiary/aromatic N) is 5. The van der Waals surface area contributed by atoms with Crippen molar-refractivity contribution in [1.82, 2.24) is 14.7 Å². The Morgan fingerprint density at radius 3 is 2.27 bits per heavy atom. The zero-order valence-corrected chi connectivity index (χ0v) is 45.1. The molecule has 17 heteroatoms. The van der Waals surface area contributed by atoms with Crippen LogP contribution in [0.4, 0.5) is 10.5 Å². The van der Waals surface area contributed by atoms with Crippen molar-refractivity contribution in [1.29, 1.82) is 0 Å². The highest BCUT2D eigenvalue weighted by Gasteiger charge is 2.51. The Morgan fingerprint density at radius 2 is 1.61 bits per heavy atom. The summed E-state index contributed by atoms with van der Waals surface area (Å²) in [6.45, 7) is 21.0. The molecule has 1 spiro atoms. The molecular formula is C57H80N6O11. The van der Waals surface area contributed by atoms with Crippen molar-refractivity contribution in [2.45, 2.75) is 162 Å². The molecule has 0 aromatic heterocycles. The molecular weight excluding hydrogens is 945 g/mol. The maximum absolute atomic E-state index is 15.0. The Morgan fingerprint density at radius 1 is 0.905 bits per heavy atom. The van der Waals surface area contributed by atoms with Crippen LogP contribution in [0.5, 0.6) is 17.2 Å². The highest BCUT2D eigenvalue weighted by atomic mass is 16.7. The number of anilines is 1. The molecule has 1 saturated carbocycles. The van der Waals surface area contributed by atoms with E-state index < -0.39 is 83.1 Å². The predicted molar refractivity (Wildman–Crippen MR) is 279 cm³/mol. The zero-order valence-electron chi connectivity index (χ0n) is 45.1. The fourth-order valence-corrected chi connectivity index (χ4v) is 13.1. The second-order valence-corrected chi connectivity index (χ2v) is 23.4. The monoisotopic (exact) mass is 1020 g/mol. The SMILES string of the molecule is CO[C@H]1/C=C/O[C@@]2(C)Oc3c(C)c(O)c4c(O)c(c5c(c4c3C2=O)=NC2(CCN(CC(C)C)CC2)N=5)NC(=O)/C(C)=C\C=C\[C@H](C)[C@H](O)[C@@H](C)[C@@H](O)[C@@H](C)[C@H](OC(=O)N2C[C@@H]3C[C@H]2CN3CC2CCCCC2)[C@@H]1C. The predicted octanol–water partition coefficient (Wildman–Crippen LogP) is 6.66. The molecule has 5 N–H and O–H groups in total. The number of aliphatic hydroxyl groups is 2. The third-order valence-corrected chi connectivity index (χ3v) is 17.6. The Balaban J connectivity index is 1.08. The van der Waals surface area contributed by atoms with Gasteiger partial charge in [-0.25, -0.2) is 4.79 Å². The van der Waals surface area contributed by atoms with Gasteiger partial charge in [0.1, 0.15) is 28.6 Å². The number of carbonyl (C=O) groups is 3. The van der Waals surface area contributed by atoms with Gasteiger partial charge in [-0.15, -0.1) is 0 Å². The van der Waals surface area contributed by atoms with Crippen LogP contribution < -0.4 is 20.8 Å². The minimum Gasteiger partial charge on any atom is -0.507 e. The van der Waals surface area contributed by atoms with Crippen molar-refractivity contribution >= 4 is 34.2 Å². The van der Waals surface area contributed by atoms with Crippen LogP contribution in [0.2, 0.25) is 0 Å². The maximum Gasteiger partial charge on any atom is 0.410 e.